The average molecular weight is 359 g/mol. The van der Waals surface area contributed by atoms with Gasteiger partial charge in [-0.05, 0) is 15.9 Å². The minimum absolute atomic E-state index is 0.151. The van der Waals surface area contributed by atoms with Gasteiger partial charge in [0.05, 0.1) is 10.8 Å². The van der Waals surface area contributed by atoms with E-state index in [1.165, 1.54) is 0 Å². The topological polar surface area (TPSA) is 155 Å². The first-order valence-electron chi connectivity index (χ1n) is 5.41. The average Bonchev–Trinajstić information content (AvgIpc) is 2.87. The molecule has 0 saturated heterocycles. The van der Waals surface area contributed by atoms with E-state index >= 15 is 0 Å². The maximum Gasteiger partial charge on any atom is 0.208 e. The number of aromatic hydroxyl groups is 7. The first-order valence-corrected chi connectivity index (χ1v) is 6.21. The van der Waals surface area contributed by atoms with Crippen molar-refractivity contribution in [1.82, 2.24) is 0 Å². The summed E-state index contributed by atoms with van der Waals surface area (Å²) < 4.78 is 5.04. The molecule has 3 rings (SSSR count). The number of phenolic OH excluding ortho intramolecular Hbond substituents is 7. The molecule has 1 heterocycles. The van der Waals surface area contributed by atoms with E-state index in [2.05, 4.69) is 15.9 Å². The van der Waals surface area contributed by atoms with Crippen LogP contribution in [0, 0.1) is 0 Å². The molecule has 2 aromatic carbocycles. The predicted octanol–water partition coefficient (Wildman–Crippen LogP) is 2.29. The molecule has 0 amide bonds. The highest BCUT2D eigenvalue weighted by Gasteiger charge is 2.29. The van der Waals surface area contributed by atoms with Gasteiger partial charge in [-0.25, -0.2) is 0 Å². The zero-order valence-corrected chi connectivity index (χ0v) is 11.5. The van der Waals surface area contributed by atoms with Crippen LogP contribution in [-0.4, -0.2) is 35.7 Å². The predicted molar refractivity (Wildman–Crippen MR) is 73.1 cm³/mol. The smallest absolute Gasteiger partial charge is 0.208 e. The molecular formula is C12H7BrO8. The van der Waals surface area contributed by atoms with E-state index in [1.54, 1.807) is 0 Å². The van der Waals surface area contributed by atoms with Gasteiger partial charge in [0.2, 0.25) is 23.0 Å². The number of fused-ring (bicyclic) bond motifs is 3. The minimum atomic E-state index is -1.02. The van der Waals surface area contributed by atoms with Gasteiger partial charge < -0.3 is 40.2 Å². The molecule has 9 heteroatoms. The molecule has 7 N–H and O–H groups in total. The normalized spacial score (nSPS) is 11.5. The molecule has 110 valence electrons. The van der Waals surface area contributed by atoms with Gasteiger partial charge in [0.25, 0.3) is 0 Å². The zero-order valence-electron chi connectivity index (χ0n) is 9.92. The Hall–Kier alpha value is -2.68. The second-order valence-corrected chi connectivity index (χ2v) is 5.06. The van der Waals surface area contributed by atoms with Gasteiger partial charge in [0.15, 0.2) is 28.4 Å². The molecular weight excluding hydrogens is 352 g/mol. The molecule has 3 aromatic rings. The summed E-state index contributed by atoms with van der Waals surface area (Å²) in [5.74, 6) is -6.21. The number of hydrogen-bond acceptors (Lipinski definition) is 8. The fourth-order valence-corrected chi connectivity index (χ4v) is 2.56. The van der Waals surface area contributed by atoms with Crippen molar-refractivity contribution in [3.8, 4) is 40.2 Å². The number of rotatable bonds is 0. The Bertz CT molecular complexity index is 853. The van der Waals surface area contributed by atoms with Crippen LogP contribution < -0.4 is 0 Å². The Morgan fingerprint density at radius 1 is 0.524 bits per heavy atom. The van der Waals surface area contributed by atoms with Crippen LogP contribution >= 0.6 is 15.9 Å². The Morgan fingerprint density at radius 2 is 0.952 bits per heavy atom. The highest BCUT2D eigenvalue weighted by Crippen LogP contribution is 2.57. The number of furan rings is 1. The third-order valence-electron chi connectivity index (χ3n) is 3.13. The maximum atomic E-state index is 9.90. The molecule has 0 aliphatic heterocycles. The van der Waals surface area contributed by atoms with Gasteiger partial charge in [-0.3, -0.25) is 0 Å². The van der Waals surface area contributed by atoms with Crippen LogP contribution in [0.3, 0.4) is 0 Å². The second kappa shape index (κ2) is 3.92. The van der Waals surface area contributed by atoms with Crippen LogP contribution in [0.25, 0.3) is 21.9 Å². The number of phenols is 7. The number of benzene rings is 2. The van der Waals surface area contributed by atoms with Crippen molar-refractivity contribution in [2.24, 2.45) is 0 Å². The lowest BCUT2D eigenvalue weighted by molar-refractivity contribution is 0.348. The van der Waals surface area contributed by atoms with Crippen LogP contribution in [0.2, 0.25) is 0 Å². The van der Waals surface area contributed by atoms with Gasteiger partial charge >= 0.3 is 0 Å². The molecule has 21 heavy (non-hydrogen) atoms. The lowest BCUT2D eigenvalue weighted by Gasteiger charge is -2.06. The minimum Gasteiger partial charge on any atom is -0.504 e. The van der Waals surface area contributed by atoms with Gasteiger partial charge in [-0.15, -0.1) is 0 Å². The third kappa shape index (κ3) is 1.43. The monoisotopic (exact) mass is 358 g/mol. The van der Waals surface area contributed by atoms with Crippen LogP contribution in [0.5, 0.6) is 40.2 Å². The largest absolute Gasteiger partial charge is 0.504 e. The van der Waals surface area contributed by atoms with Gasteiger partial charge in [-0.2, -0.15) is 0 Å². The molecule has 0 spiro atoms. The Balaban J connectivity index is 2.73. The highest BCUT2D eigenvalue weighted by atomic mass is 79.9. The third-order valence-corrected chi connectivity index (χ3v) is 3.86. The summed E-state index contributed by atoms with van der Waals surface area (Å²) in [6.45, 7) is 0. The molecule has 0 unspecified atom stereocenters. The summed E-state index contributed by atoms with van der Waals surface area (Å²) in [6, 6.07) is 0. The summed E-state index contributed by atoms with van der Waals surface area (Å²) in [7, 11) is 0. The molecule has 0 saturated carbocycles. The number of hydrogen-bond donors (Lipinski definition) is 7. The Labute approximate surface area is 123 Å². The zero-order chi connectivity index (χ0) is 15.6. The Kier molecular flexibility index (Phi) is 2.48. The summed E-state index contributed by atoms with van der Waals surface area (Å²) in [5.41, 5.74) is -0.660. The highest BCUT2D eigenvalue weighted by molar-refractivity contribution is 9.10. The summed E-state index contributed by atoms with van der Waals surface area (Å²) in [5, 5.41) is 67.2. The molecule has 0 radical (unpaired) electrons. The van der Waals surface area contributed by atoms with Crippen molar-refractivity contribution in [1.29, 1.82) is 0 Å². The van der Waals surface area contributed by atoms with E-state index < -0.39 is 45.8 Å². The van der Waals surface area contributed by atoms with Crippen molar-refractivity contribution >= 4 is 37.9 Å². The first kappa shape index (κ1) is 13.3. The number of halogens is 1. The summed E-state index contributed by atoms with van der Waals surface area (Å²) in [6.07, 6.45) is 0. The van der Waals surface area contributed by atoms with Gasteiger partial charge in [0, 0.05) is 0 Å². The quantitative estimate of drug-likeness (QED) is 0.238. The summed E-state index contributed by atoms with van der Waals surface area (Å²) >= 11 is 2.93. The first-order chi connectivity index (χ1) is 9.77. The van der Waals surface area contributed by atoms with Crippen molar-refractivity contribution in [2.45, 2.75) is 0 Å². The maximum absolute atomic E-state index is 9.90. The van der Waals surface area contributed by atoms with E-state index in [0.29, 0.717) is 0 Å². The van der Waals surface area contributed by atoms with Crippen molar-refractivity contribution in [2.75, 3.05) is 0 Å². The molecule has 0 fully saturated rings. The van der Waals surface area contributed by atoms with Gasteiger partial charge in [-0.1, -0.05) is 0 Å². The van der Waals surface area contributed by atoms with E-state index in [9.17, 15) is 35.7 Å². The lowest BCUT2D eigenvalue weighted by Crippen LogP contribution is -1.78. The van der Waals surface area contributed by atoms with E-state index in [1.807, 2.05) is 0 Å². The van der Waals surface area contributed by atoms with Crippen molar-refractivity contribution in [3.63, 3.8) is 0 Å². The van der Waals surface area contributed by atoms with Crippen LogP contribution in [0.4, 0.5) is 0 Å². The van der Waals surface area contributed by atoms with Crippen molar-refractivity contribution in [3.05, 3.63) is 4.47 Å². The van der Waals surface area contributed by atoms with Crippen LogP contribution in [0.15, 0.2) is 8.89 Å². The molecule has 0 aliphatic rings. The van der Waals surface area contributed by atoms with Crippen LogP contribution in [0.1, 0.15) is 0 Å². The molecule has 0 bridgehead atoms. The lowest BCUT2D eigenvalue weighted by atomic mass is 10.1. The molecule has 0 atom stereocenters. The SMILES string of the molecule is Oc1c(O)c(O)c2c(oc3c(Br)c(O)c(O)c(O)c32)c1O. The molecule has 1 aromatic heterocycles. The Morgan fingerprint density at radius 3 is 1.52 bits per heavy atom. The van der Waals surface area contributed by atoms with Crippen molar-refractivity contribution < 1.29 is 40.2 Å². The van der Waals surface area contributed by atoms with E-state index in [-0.39, 0.29) is 20.8 Å². The van der Waals surface area contributed by atoms with E-state index in [0.717, 1.165) is 0 Å². The van der Waals surface area contributed by atoms with Crippen LogP contribution in [-0.2, 0) is 0 Å². The van der Waals surface area contributed by atoms with E-state index in [4.69, 9.17) is 4.42 Å². The standard InChI is InChI=1S/C12H7BrO8/c13-3-6(16)7(17)4(14)1-2-5(15)8(18)9(19)10(20)12(2)21-11(1)3/h14-20H. The fourth-order valence-electron chi connectivity index (χ4n) is 2.10. The summed E-state index contributed by atoms with van der Waals surface area (Å²) in [4.78, 5) is 0. The van der Waals surface area contributed by atoms with Gasteiger partial charge in [0.1, 0.15) is 4.47 Å². The second-order valence-electron chi connectivity index (χ2n) is 4.26. The molecule has 8 nitrogen and oxygen atoms in total. The fraction of sp³-hybridized carbons (Fsp3) is 0. The molecule has 0 aliphatic carbocycles.